The van der Waals surface area contributed by atoms with Crippen LogP contribution >= 0.6 is 11.6 Å². The van der Waals surface area contributed by atoms with Crippen molar-refractivity contribution in [3.63, 3.8) is 0 Å². The molecule has 1 fully saturated rings. The zero-order valence-electron chi connectivity index (χ0n) is 8.60. The van der Waals surface area contributed by atoms with Gasteiger partial charge < -0.3 is 5.32 Å². The van der Waals surface area contributed by atoms with Crippen molar-refractivity contribution in [1.82, 2.24) is 0 Å². The molecule has 0 aliphatic heterocycles. The second-order valence-corrected chi connectivity index (χ2v) is 4.57. The van der Waals surface area contributed by atoms with Gasteiger partial charge in [-0.2, -0.15) is 0 Å². The lowest BCUT2D eigenvalue weighted by atomic mass is 10.1. The van der Waals surface area contributed by atoms with Crippen molar-refractivity contribution in [2.24, 2.45) is 5.92 Å². The predicted molar refractivity (Wildman–Crippen MR) is 61.9 cm³/mol. The molecule has 1 aliphatic rings. The van der Waals surface area contributed by atoms with E-state index in [1.807, 2.05) is 6.07 Å². The van der Waals surface area contributed by atoms with Gasteiger partial charge in [-0.05, 0) is 37.0 Å². The molecule has 0 spiro atoms. The SMILES string of the molecule is Fc1cc(NCC2CCCC2)ccc1Cl. The van der Waals surface area contributed by atoms with E-state index in [1.165, 1.54) is 31.7 Å². The Balaban J connectivity index is 1.90. The molecule has 1 saturated carbocycles. The van der Waals surface area contributed by atoms with Crippen LogP contribution in [0.5, 0.6) is 0 Å². The van der Waals surface area contributed by atoms with E-state index >= 15 is 0 Å². The molecule has 2 rings (SSSR count). The third kappa shape index (κ3) is 2.85. The van der Waals surface area contributed by atoms with Crippen LogP contribution in [0.1, 0.15) is 25.7 Å². The molecule has 0 unspecified atom stereocenters. The number of rotatable bonds is 3. The van der Waals surface area contributed by atoms with Gasteiger partial charge in [0.25, 0.3) is 0 Å². The van der Waals surface area contributed by atoms with Crippen LogP contribution in [0, 0.1) is 11.7 Å². The highest BCUT2D eigenvalue weighted by Crippen LogP contribution is 2.25. The van der Waals surface area contributed by atoms with E-state index < -0.39 is 0 Å². The molecule has 1 nitrogen and oxygen atoms in total. The van der Waals surface area contributed by atoms with Gasteiger partial charge >= 0.3 is 0 Å². The number of halogens is 2. The molecule has 0 saturated heterocycles. The molecule has 0 amide bonds. The van der Waals surface area contributed by atoms with Gasteiger partial charge in [0.2, 0.25) is 0 Å². The van der Waals surface area contributed by atoms with E-state index in [0.717, 1.165) is 18.2 Å². The first-order valence-corrected chi connectivity index (χ1v) is 5.82. The Bertz CT molecular complexity index is 334. The van der Waals surface area contributed by atoms with Crippen LogP contribution in [0.2, 0.25) is 5.02 Å². The largest absolute Gasteiger partial charge is 0.385 e. The molecule has 0 bridgehead atoms. The lowest BCUT2D eigenvalue weighted by Gasteiger charge is -2.11. The molecule has 15 heavy (non-hydrogen) atoms. The summed E-state index contributed by atoms with van der Waals surface area (Å²) >= 11 is 5.61. The minimum Gasteiger partial charge on any atom is -0.385 e. The molecular formula is C12H15ClFN. The smallest absolute Gasteiger partial charge is 0.143 e. The predicted octanol–water partition coefficient (Wildman–Crippen LogP) is 4.08. The third-order valence-electron chi connectivity index (χ3n) is 2.99. The average Bonchev–Trinajstić information content (AvgIpc) is 2.73. The van der Waals surface area contributed by atoms with Crippen LogP contribution in [-0.2, 0) is 0 Å². The summed E-state index contributed by atoms with van der Waals surface area (Å²) in [7, 11) is 0. The van der Waals surface area contributed by atoms with Crippen LogP contribution in [0.4, 0.5) is 10.1 Å². The summed E-state index contributed by atoms with van der Waals surface area (Å²) in [5.41, 5.74) is 0.823. The molecule has 3 heteroatoms. The highest BCUT2D eigenvalue weighted by molar-refractivity contribution is 6.30. The summed E-state index contributed by atoms with van der Waals surface area (Å²) < 4.78 is 13.1. The van der Waals surface area contributed by atoms with Gasteiger partial charge in [0.1, 0.15) is 5.82 Å². The number of benzene rings is 1. The maximum atomic E-state index is 13.1. The Morgan fingerprint density at radius 2 is 2.07 bits per heavy atom. The summed E-state index contributed by atoms with van der Waals surface area (Å²) in [4.78, 5) is 0. The first-order valence-electron chi connectivity index (χ1n) is 5.44. The van der Waals surface area contributed by atoms with Gasteiger partial charge in [-0.25, -0.2) is 4.39 Å². The molecular weight excluding hydrogens is 213 g/mol. The summed E-state index contributed by atoms with van der Waals surface area (Å²) in [6.07, 6.45) is 5.26. The van der Waals surface area contributed by atoms with E-state index in [0.29, 0.717) is 0 Å². The van der Waals surface area contributed by atoms with Gasteiger partial charge in [-0.3, -0.25) is 0 Å². The maximum Gasteiger partial charge on any atom is 0.143 e. The van der Waals surface area contributed by atoms with Crippen molar-refractivity contribution < 1.29 is 4.39 Å². The van der Waals surface area contributed by atoms with E-state index in [4.69, 9.17) is 11.6 Å². The molecule has 1 N–H and O–H groups in total. The van der Waals surface area contributed by atoms with Crippen LogP contribution in [0.25, 0.3) is 0 Å². The van der Waals surface area contributed by atoms with Crippen molar-refractivity contribution in [3.8, 4) is 0 Å². The molecule has 0 heterocycles. The fourth-order valence-electron chi connectivity index (χ4n) is 2.08. The third-order valence-corrected chi connectivity index (χ3v) is 3.30. The van der Waals surface area contributed by atoms with E-state index in [-0.39, 0.29) is 10.8 Å². The number of hydrogen-bond donors (Lipinski definition) is 1. The number of hydrogen-bond acceptors (Lipinski definition) is 1. The Kier molecular flexibility index (Phi) is 3.47. The van der Waals surface area contributed by atoms with Gasteiger partial charge in [-0.1, -0.05) is 24.4 Å². The molecule has 82 valence electrons. The Morgan fingerprint density at radius 3 is 2.73 bits per heavy atom. The standard InChI is InChI=1S/C12H15ClFN/c13-11-6-5-10(7-12(11)14)15-8-9-3-1-2-4-9/h5-7,9,15H,1-4,8H2. The molecule has 0 aromatic heterocycles. The van der Waals surface area contributed by atoms with Crippen molar-refractivity contribution in [1.29, 1.82) is 0 Å². The topological polar surface area (TPSA) is 12.0 Å². The Labute approximate surface area is 94.6 Å². The maximum absolute atomic E-state index is 13.1. The van der Waals surface area contributed by atoms with E-state index in [2.05, 4.69) is 5.32 Å². The highest BCUT2D eigenvalue weighted by atomic mass is 35.5. The van der Waals surface area contributed by atoms with E-state index in [1.54, 1.807) is 6.07 Å². The summed E-state index contributed by atoms with van der Waals surface area (Å²) in [5.74, 6) is 0.400. The van der Waals surface area contributed by atoms with Crippen LogP contribution < -0.4 is 5.32 Å². The van der Waals surface area contributed by atoms with E-state index in [9.17, 15) is 4.39 Å². The van der Waals surface area contributed by atoms with Gasteiger partial charge in [-0.15, -0.1) is 0 Å². The number of nitrogens with one attached hydrogen (secondary N) is 1. The van der Waals surface area contributed by atoms with Crippen molar-refractivity contribution in [2.75, 3.05) is 11.9 Å². The molecule has 0 atom stereocenters. The quantitative estimate of drug-likeness (QED) is 0.821. The lowest BCUT2D eigenvalue weighted by molar-refractivity contribution is 0.579. The monoisotopic (exact) mass is 227 g/mol. The lowest BCUT2D eigenvalue weighted by Crippen LogP contribution is -2.10. The summed E-state index contributed by atoms with van der Waals surface area (Å²) in [6, 6.07) is 4.87. The Morgan fingerprint density at radius 1 is 1.33 bits per heavy atom. The average molecular weight is 228 g/mol. The summed E-state index contributed by atoms with van der Waals surface area (Å²) in [5, 5.41) is 3.44. The highest BCUT2D eigenvalue weighted by Gasteiger charge is 2.14. The van der Waals surface area contributed by atoms with Crippen molar-refractivity contribution in [3.05, 3.63) is 29.0 Å². The zero-order chi connectivity index (χ0) is 10.7. The molecule has 1 aliphatic carbocycles. The fraction of sp³-hybridized carbons (Fsp3) is 0.500. The minimum atomic E-state index is -0.354. The first kappa shape index (κ1) is 10.7. The van der Waals surface area contributed by atoms with Crippen molar-refractivity contribution >= 4 is 17.3 Å². The molecule has 0 radical (unpaired) electrons. The number of anilines is 1. The summed E-state index contributed by atoms with van der Waals surface area (Å²) in [6.45, 7) is 0.946. The first-order chi connectivity index (χ1) is 7.25. The van der Waals surface area contributed by atoms with Crippen LogP contribution in [-0.4, -0.2) is 6.54 Å². The van der Waals surface area contributed by atoms with Gasteiger partial charge in [0.05, 0.1) is 5.02 Å². The molecule has 1 aromatic rings. The van der Waals surface area contributed by atoms with Gasteiger partial charge in [0.15, 0.2) is 0 Å². The second-order valence-electron chi connectivity index (χ2n) is 4.16. The molecule has 1 aromatic carbocycles. The minimum absolute atomic E-state index is 0.182. The van der Waals surface area contributed by atoms with Crippen LogP contribution in [0.3, 0.4) is 0 Å². The fourth-order valence-corrected chi connectivity index (χ4v) is 2.20. The van der Waals surface area contributed by atoms with Crippen LogP contribution in [0.15, 0.2) is 18.2 Å². The van der Waals surface area contributed by atoms with Crippen molar-refractivity contribution in [2.45, 2.75) is 25.7 Å². The Hall–Kier alpha value is -0.760. The van der Waals surface area contributed by atoms with Gasteiger partial charge in [0, 0.05) is 12.2 Å². The second kappa shape index (κ2) is 4.84. The zero-order valence-corrected chi connectivity index (χ0v) is 9.36. The normalized spacial score (nSPS) is 16.9.